The third kappa shape index (κ3) is 5.85. The fourth-order valence-electron chi connectivity index (χ4n) is 5.60. The van der Waals surface area contributed by atoms with E-state index in [0.717, 1.165) is 39.7 Å². The van der Waals surface area contributed by atoms with Crippen LogP contribution in [0.3, 0.4) is 0 Å². The van der Waals surface area contributed by atoms with Crippen LogP contribution < -0.4 is 20.3 Å². The third-order valence-corrected chi connectivity index (χ3v) is 7.87. The number of thiocarbonyl (C=S) groups is 1. The standard InChI is InChI=1S/C34H32N6O2S/c1-22-16-18-36-30(19-22)39-23(2)20-28(24(39)3)33-32(29-11-7-8-17-35-29)38-34(43)40(33)26-14-12-25(13-15-26)37-31(41)21-42-27-9-5-4-6-10-27/h4-20,32-33H,21H2,1-3H3,(H,37,41)(H,38,43)/t32-,33-/m1/s1. The molecule has 1 saturated heterocycles. The number of rotatable bonds is 8. The molecule has 0 saturated carbocycles. The maximum Gasteiger partial charge on any atom is 0.262 e. The molecule has 2 N–H and O–H groups in total. The van der Waals surface area contributed by atoms with Gasteiger partial charge in [0.15, 0.2) is 11.7 Å². The number of amides is 1. The van der Waals surface area contributed by atoms with Crippen molar-refractivity contribution in [1.82, 2.24) is 19.9 Å². The first-order valence-electron chi connectivity index (χ1n) is 14.1. The Morgan fingerprint density at radius 3 is 2.42 bits per heavy atom. The van der Waals surface area contributed by atoms with Gasteiger partial charge in [-0.2, -0.15) is 0 Å². The van der Waals surface area contributed by atoms with Crippen LogP contribution in [0.25, 0.3) is 5.82 Å². The number of ether oxygens (including phenoxy) is 1. The number of carbonyl (C=O) groups is 1. The number of benzene rings is 2. The predicted octanol–water partition coefficient (Wildman–Crippen LogP) is 6.39. The molecule has 4 heterocycles. The fraction of sp³-hybridized carbons (Fsp3) is 0.176. The van der Waals surface area contributed by atoms with Crippen molar-refractivity contribution in [2.24, 2.45) is 0 Å². The first kappa shape index (κ1) is 28.1. The van der Waals surface area contributed by atoms with Crippen molar-refractivity contribution in [3.05, 3.63) is 132 Å². The fourth-order valence-corrected chi connectivity index (χ4v) is 5.95. The van der Waals surface area contributed by atoms with Gasteiger partial charge in [-0.3, -0.25) is 9.78 Å². The molecule has 43 heavy (non-hydrogen) atoms. The van der Waals surface area contributed by atoms with Crippen LogP contribution in [0.15, 0.2) is 103 Å². The van der Waals surface area contributed by atoms with E-state index in [2.05, 4.69) is 63.0 Å². The van der Waals surface area contributed by atoms with Crippen LogP contribution >= 0.6 is 12.2 Å². The highest BCUT2D eigenvalue weighted by molar-refractivity contribution is 7.80. The molecular weight excluding hydrogens is 556 g/mol. The molecule has 0 bridgehead atoms. The van der Waals surface area contributed by atoms with Crippen molar-refractivity contribution in [3.63, 3.8) is 0 Å². The lowest BCUT2D eigenvalue weighted by molar-refractivity contribution is -0.118. The zero-order valence-corrected chi connectivity index (χ0v) is 25.0. The highest BCUT2D eigenvalue weighted by Gasteiger charge is 2.42. The van der Waals surface area contributed by atoms with Gasteiger partial charge < -0.3 is 24.8 Å². The molecule has 1 aliphatic heterocycles. The lowest BCUT2D eigenvalue weighted by Crippen LogP contribution is -2.29. The van der Waals surface area contributed by atoms with Gasteiger partial charge in [0.05, 0.1) is 17.8 Å². The number of pyridine rings is 2. The van der Waals surface area contributed by atoms with Crippen LogP contribution in [-0.4, -0.2) is 32.2 Å². The number of anilines is 2. The van der Waals surface area contributed by atoms with E-state index in [0.29, 0.717) is 16.5 Å². The van der Waals surface area contributed by atoms with Gasteiger partial charge in [-0.05, 0) is 111 Å². The summed E-state index contributed by atoms with van der Waals surface area (Å²) in [5, 5.41) is 7.05. The Kier molecular flexibility index (Phi) is 7.89. The number of aryl methyl sites for hydroxylation is 2. The Hall–Kier alpha value is -5.02. The molecular formula is C34H32N6O2S. The zero-order valence-electron chi connectivity index (χ0n) is 24.2. The maximum atomic E-state index is 12.5. The Bertz CT molecular complexity index is 1760. The summed E-state index contributed by atoms with van der Waals surface area (Å²) >= 11 is 5.94. The average Bonchev–Trinajstić information content (AvgIpc) is 3.52. The molecule has 9 heteroatoms. The molecule has 2 aromatic carbocycles. The van der Waals surface area contributed by atoms with Crippen LogP contribution in [-0.2, 0) is 4.79 Å². The van der Waals surface area contributed by atoms with Crippen molar-refractivity contribution in [1.29, 1.82) is 0 Å². The first-order chi connectivity index (χ1) is 20.9. The van der Waals surface area contributed by atoms with E-state index in [1.54, 1.807) is 6.20 Å². The second-order valence-electron chi connectivity index (χ2n) is 10.5. The normalized spacial score (nSPS) is 16.2. The molecule has 0 aliphatic carbocycles. The molecule has 1 aliphatic rings. The van der Waals surface area contributed by atoms with Crippen molar-refractivity contribution in [2.45, 2.75) is 32.9 Å². The Balaban J connectivity index is 1.31. The van der Waals surface area contributed by atoms with E-state index in [1.807, 2.05) is 85.1 Å². The van der Waals surface area contributed by atoms with Gasteiger partial charge in [-0.25, -0.2) is 4.98 Å². The minimum atomic E-state index is -0.236. The minimum Gasteiger partial charge on any atom is -0.484 e. The molecule has 216 valence electrons. The first-order valence-corrected chi connectivity index (χ1v) is 14.5. The van der Waals surface area contributed by atoms with Gasteiger partial charge in [0.2, 0.25) is 0 Å². The molecule has 1 amide bonds. The maximum absolute atomic E-state index is 12.5. The van der Waals surface area contributed by atoms with Crippen molar-refractivity contribution >= 4 is 34.6 Å². The number of carbonyl (C=O) groups excluding carboxylic acids is 1. The summed E-state index contributed by atoms with van der Waals surface area (Å²) < 4.78 is 7.77. The number of para-hydroxylation sites is 1. The lowest BCUT2D eigenvalue weighted by atomic mass is 9.96. The molecule has 0 spiro atoms. The van der Waals surface area contributed by atoms with Gasteiger partial charge in [0.25, 0.3) is 5.91 Å². The van der Waals surface area contributed by atoms with Crippen molar-refractivity contribution < 1.29 is 9.53 Å². The second-order valence-corrected chi connectivity index (χ2v) is 10.9. The number of hydrogen-bond acceptors (Lipinski definition) is 5. The summed E-state index contributed by atoms with van der Waals surface area (Å²) in [4.78, 5) is 24.0. The monoisotopic (exact) mass is 588 g/mol. The van der Waals surface area contributed by atoms with Gasteiger partial charge in [-0.15, -0.1) is 0 Å². The molecule has 3 aromatic heterocycles. The molecule has 5 aromatic rings. The average molecular weight is 589 g/mol. The number of hydrogen-bond donors (Lipinski definition) is 2. The van der Waals surface area contributed by atoms with Gasteiger partial charge in [-0.1, -0.05) is 24.3 Å². The van der Waals surface area contributed by atoms with Crippen LogP contribution in [0.1, 0.15) is 40.3 Å². The van der Waals surface area contributed by atoms with Gasteiger partial charge >= 0.3 is 0 Å². The summed E-state index contributed by atoms with van der Waals surface area (Å²) in [6, 6.07) is 28.8. The largest absolute Gasteiger partial charge is 0.484 e. The SMILES string of the molecule is Cc1ccnc(-n2c(C)cc([C@@H]3[C@@H](c4ccccn4)NC(=S)N3c3ccc(NC(=O)COc4ccccc4)cc3)c2C)c1. The Labute approximate surface area is 256 Å². The Morgan fingerprint density at radius 1 is 0.930 bits per heavy atom. The van der Waals surface area contributed by atoms with E-state index in [-0.39, 0.29) is 24.6 Å². The molecule has 6 rings (SSSR count). The van der Waals surface area contributed by atoms with Crippen LogP contribution in [0.5, 0.6) is 5.75 Å². The predicted molar refractivity (Wildman–Crippen MR) is 173 cm³/mol. The summed E-state index contributed by atoms with van der Waals surface area (Å²) in [6.45, 7) is 6.21. The highest BCUT2D eigenvalue weighted by atomic mass is 32.1. The highest BCUT2D eigenvalue weighted by Crippen LogP contribution is 2.43. The van der Waals surface area contributed by atoms with Gasteiger partial charge in [0, 0.05) is 35.2 Å². The quantitative estimate of drug-likeness (QED) is 0.203. The summed E-state index contributed by atoms with van der Waals surface area (Å²) in [5.74, 6) is 1.29. The van der Waals surface area contributed by atoms with Crippen LogP contribution in [0, 0.1) is 20.8 Å². The second kappa shape index (κ2) is 12.1. The minimum absolute atomic E-state index is 0.0782. The van der Waals surface area contributed by atoms with Crippen LogP contribution in [0.4, 0.5) is 11.4 Å². The molecule has 8 nitrogen and oxygen atoms in total. The van der Waals surface area contributed by atoms with E-state index < -0.39 is 0 Å². The summed E-state index contributed by atoms with van der Waals surface area (Å²) in [5.41, 5.74) is 6.91. The van der Waals surface area contributed by atoms with E-state index in [1.165, 1.54) is 0 Å². The van der Waals surface area contributed by atoms with Gasteiger partial charge in [0.1, 0.15) is 11.6 Å². The zero-order chi connectivity index (χ0) is 29.9. The number of nitrogens with zero attached hydrogens (tertiary/aromatic N) is 4. The van der Waals surface area contributed by atoms with Crippen molar-refractivity contribution in [3.8, 4) is 11.6 Å². The molecule has 0 radical (unpaired) electrons. The van der Waals surface area contributed by atoms with Crippen LogP contribution in [0.2, 0.25) is 0 Å². The summed E-state index contributed by atoms with van der Waals surface area (Å²) in [6.07, 6.45) is 3.64. The third-order valence-electron chi connectivity index (χ3n) is 7.56. The van der Waals surface area contributed by atoms with E-state index >= 15 is 0 Å². The summed E-state index contributed by atoms with van der Waals surface area (Å²) in [7, 11) is 0. The number of aromatic nitrogens is 3. The molecule has 0 unspecified atom stereocenters. The molecule has 1 fully saturated rings. The number of nitrogens with one attached hydrogen (secondary N) is 2. The van der Waals surface area contributed by atoms with E-state index in [9.17, 15) is 4.79 Å². The molecule has 2 atom stereocenters. The lowest BCUT2D eigenvalue weighted by Gasteiger charge is -2.28. The topological polar surface area (TPSA) is 84.3 Å². The van der Waals surface area contributed by atoms with Crippen molar-refractivity contribution in [2.75, 3.05) is 16.8 Å². The van der Waals surface area contributed by atoms with E-state index in [4.69, 9.17) is 17.0 Å². The smallest absolute Gasteiger partial charge is 0.262 e. The Morgan fingerprint density at radius 2 is 1.70 bits per heavy atom.